The van der Waals surface area contributed by atoms with E-state index in [1.54, 1.807) is 0 Å². The minimum absolute atomic E-state index is 0.0437. The van der Waals surface area contributed by atoms with Gasteiger partial charge in [0.05, 0.1) is 12.7 Å². The average molecular weight is 290 g/mol. The third kappa shape index (κ3) is 4.88. The summed E-state index contributed by atoms with van der Waals surface area (Å²) in [7, 11) is 0. The Morgan fingerprint density at radius 3 is 3.00 bits per heavy atom. The van der Waals surface area contributed by atoms with E-state index < -0.39 is 5.97 Å². The van der Waals surface area contributed by atoms with Crippen LogP contribution in [0.5, 0.6) is 5.75 Å². The van der Waals surface area contributed by atoms with Crippen LogP contribution in [-0.4, -0.2) is 45.8 Å². The highest BCUT2D eigenvalue weighted by molar-refractivity contribution is 5.84. The topological polar surface area (TPSA) is 89.3 Å². The fourth-order valence-electron chi connectivity index (χ4n) is 1.77. The molecule has 0 radical (unpaired) electrons. The molecule has 2 N–H and O–H groups in total. The maximum atomic E-state index is 10.6. The molecular formula is C14H18N4O3. The highest BCUT2D eigenvalue weighted by atomic mass is 16.5. The van der Waals surface area contributed by atoms with E-state index in [1.165, 1.54) is 16.4 Å². The zero-order valence-electron chi connectivity index (χ0n) is 11.8. The number of aromatic nitrogens is 3. The molecule has 1 aromatic heterocycles. The van der Waals surface area contributed by atoms with Crippen LogP contribution in [0.1, 0.15) is 16.1 Å². The lowest BCUT2D eigenvalue weighted by Crippen LogP contribution is -2.25. The first-order valence-corrected chi connectivity index (χ1v) is 6.69. The van der Waals surface area contributed by atoms with Crippen molar-refractivity contribution in [2.24, 2.45) is 0 Å². The lowest BCUT2D eigenvalue weighted by Gasteiger charge is -2.08. The molecule has 0 bridgehead atoms. The predicted octanol–water partition coefficient (Wildman–Crippen LogP) is 0.953. The molecule has 0 aliphatic heterocycles. The Balaban J connectivity index is 1.60. The van der Waals surface area contributed by atoms with Crippen LogP contribution in [0.3, 0.4) is 0 Å². The standard InChI is InChI=1S/C14H18N4O3/c1-11-3-2-4-12(9-11)21-8-6-15-5-7-18-10-13(14(19)20)16-17-18/h2-4,9-10,15H,5-8H2,1H3,(H,19,20). The summed E-state index contributed by atoms with van der Waals surface area (Å²) >= 11 is 0. The van der Waals surface area contributed by atoms with E-state index in [2.05, 4.69) is 15.6 Å². The number of hydrogen-bond donors (Lipinski definition) is 2. The van der Waals surface area contributed by atoms with Crippen molar-refractivity contribution in [1.82, 2.24) is 20.3 Å². The first-order valence-electron chi connectivity index (χ1n) is 6.69. The Morgan fingerprint density at radius 1 is 1.43 bits per heavy atom. The second-order valence-corrected chi connectivity index (χ2v) is 4.59. The highest BCUT2D eigenvalue weighted by Gasteiger charge is 2.07. The molecule has 2 rings (SSSR count). The van der Waals surface area contributed by atoms with Crippen LogP contribution < -0.4 is 10.1 Å². The van der Waals surface area contributed by atoms with Crippen LogP contribution in [0, 0.1) is 6.92 Å². The monoisotopic (exact) mass is 290 g/mol. The van der Waals surface area contributed by atoms with Gasteiger partial charge in [0.25, 0.3) is 0 Å². The second kappa shape index (κ2) is 7.39. The molecule has 0 fully saturated rings. The van der Waals surface area contributed by atoms with Crippen LogP contribution in [0.25, 0.3) is 0 Å². The van der Waals surface area contributed by atoms with Gasteiger partial charge in [-0.25, -0.2) is 4.79 Å². The summed E-state index contributed by atoms with van der Waals surface area (Å²) in [6, 6.07) is 7.90. The molecule has 1 aromatic carbocycles. The molecule has 7 nitrogen and oxygen atoms in total. The summed E-state index contributed by atoms with van der Waals surface area (Å²) in [5.74, 6) is -0.208. The second-order valence-electron chi connectivity index (χ2n) is 4.59. The van der Waals surface area contributed by atoms with Crippen molar-refractivity contribution < 1.29 is 14.6 Å². The van der Waals surface area contributed by atoms with Gasteiger partial charge in [0.15, 0.2) is 5.69 Å². The number of aryl methyl sites for hydroxylation is 1. The number of carbonyl (C=O) groups is 1. The Hall–Kier alpha value is -2.41. The van der Waals surface area contributed by atoms with Crippen molar-refractivity contribution in [3.8, 4) is 5.75 Å². The number of ether oxygens (including phenoxy) is 1. The van der Waals surface area contributed by atoms with E-state index in [0.29, 0.717) is 26.2 Å². The maximum absolute atomic E-state index is 10.6. The summed E-state index contributed by atoms with van der Waals surface area (Å²) in [4.78, 5) is 10.6. The Bertz CT molecular complexity index is 597. The third-order valence-electron chi connectivity index (χ3n) is 2.81. The Labute approximate surface area is 122 Å². The Morgan fingerprint density at radius 2 is 2.29 bits per heavy atom. The van der Waals surface area contributed by atoms with Crippen molar-refractivity contribution in [2.45, 2.75) is 13.5 Å². The first-order chi connectivity index (χ1) is 10.1. The summed E-state index contributed by atoms with van der Waals surface area (Å²) in [5, 5.41) is 19.2. The van der Waals surface area contributed by atoms with Gasteiger partial charge in [-0.05, 0) is 24.6 Å². The highest BCUT2D eigenvalue weighted by Crippen LogP contribution is 2.11. The van der Waals surface area contributed by atoms with Gasteiger partial charge >= 0.3 is 5.97 Å². The molecule has 0 unspecified atom stereocenters. The van der Waals surface area contributed by atoms with Gasteiger partial charge in [-0.3, -0.25) is 4.68 Å². The average Bonchev–Trinajstić information content (AvgIpc) is 2.92. The van der Waals surface area contributed by atoms with Crippen LogP contribution in [-0.2, 0) is 6.54 Å². The zero-order chi connectivity index (χ0) is 15.1. The van der Waals surface area contributed by atoms with E-state index in [1.807, 2.05) is 31.2 Å². The molecule has 7 heteroatoms. The smallest absolute Gasteiger partial charge is 0.358 e. The summed E-state index contributed by atoms with van der Waals surface area (Å²) in [6.45, 7) is 4.52. The number of carboxylic acids is 1. The molecule has 0 spiro atoms. The van der Waals surface area contributed by atoms with E-state index in [4.69, 9.17) is 9.84 Å². The molecule has 2 aromatic rings. The minimum atomic E-state index is -1.07. The van der Waals surface area contributed by atoms with Crippen LogP contribution >= 0.6 is 0 Å². The van der Waals surface area contributed by atoms with Crippen LogP contribution in [0.15, 0.2) is 30.5 Å². The van der Waals surface area contributed by atoms with Gasteiger partial charge in [-0.15, -0.1) is 5.10 Å². The number of hydrogen-bond acceptors (Lipinski definition) is 5. The lowest BCUT2D eigenvalue weighted by molar-refractivity contribution is 0.0690. The fraction of sp³-hybridized carbons (Fsp3) is 0.357. The van der Waals surface area contributed by atoms with Gasteiger partial charge in [-0.2, -0.15) is 0 Å². The SMILES string of the molecule is Cc1cccc(OCCNCCn2cc(C(=O)O)nn2)c1. The van der Waals surface area contributed by atoms with Crippen molar-refractivity contribution in [2.75, 3.05) is 19.7 Å². The maximum Gasteiger partial charge on any atom is 0.358 e. The molecule has 0 saturated heterocycles. The van der Waals surface area contributed by atoms with Crippen molar-refractivity contribution in [3.63, 3.8) is 0 Å². The molecule has 112 valence electrons. The molecule has 0 amide bonds. The van der Waals surface area contributed by atoms with Crippen molar-refractivity contribution >= 4 is 5.97 Å². The van der Waals surface area contributed by atoms with Gasteiger partial charge in [-0.1, -0.05) is 17.3 Å². The molecule has 0 aliphatic rings. The quantitative estimate of drug-likeness (QED) is 0.704. The number of carboxylic acid groups (broad SMARTS) is 1. The lowest BCUT2D eigenvalue weighted by atomic mass is 10.2. The van der Waals surface area contributed by atoms with E-state index in [9.17, 15) is 4.79 Å². The van der Waals surface area contributed by atoms with Crippen molar-refractivity contribution in [3.05, 3.63) is 41.7 Å². The molecule has 0 aliphatic carbocycles. The number of benzene rings is 1. The summed E-state index contributed by atoms with van der Waals surface area (Å²) in [5.41, 5.74) is 1.12. The zero-order valence-corrected chi connectivity index (χ0v) is 11.8. The molecule has 1 heterocycles. The third-order valence-corrected chi connectivity index (χ3v) is 2.81. The van der Waals surface area contributed by atoms with Crippen molar-refractivity contribution in [1.29, 1.82) is 0 Å². The van der Waals surface area contributed by atoms with Crippen LogP contribution in [0.4, 0.5) is 0 Å². The normalized spacial score (nSPS) is 10.5. The van der Waals surface area contributed by atoms with E-state index in [0.717, 1.165) is 5.75 Å². The summed E-state index contributed by atoms with van der Waals surface area (Å²) < 4.78 is 7.10. The fourth-order valence-corrected chi connectivity index (χ4v) is 1.77. The predicted molar refractivity (Wildman–Crippen MR) is 76.5 cm³/mol. The minimum Gasteiger partial charge on any atom is -0.492 e. The largest absolute Gasteiger partial charge is 0.492 e. The molecule has 21 heavy (non-hydrogen) atoms. The van der Waals surface area contributed by atoms with Gasteiger partial charge < -0.3 is 15.2 Å². The Kier molecular flexibility index (Phi) is 5.28. The number of nitrogens with one attached hydrogen (secondary N) is 1. The van der Waals surface area contributed by atoms with E-state index in [-0.39, 0.29) is 5.69 Å². The number of aromatic carboxylic acids is 1. The van der Waals surface area contributed by atoms with Gasteiger partial charge in [0.2, 0.25) is 0 Å². The molecule has 0 saturated carbocycles. The number of rotatable bonds is 8. The first kappa shape index (κ1) is 15.0. The van der Waals surface area contributed by atoms with Crippen LogP contribution in [0.2, 0.25) is 0 Å². The number of nitrogens with zero attached hydrogens (tertiary/aromatic N) is 3. The van der Waals surface area contributed by atoms with Gasteiger partial charge in [0.1, 0.15) is 12.4 Å². The molecular weight excluding hydrogens is 272 g/mol. The van der Waals surface area contributed by atoms with Gasteiger partial charge in [0, 0.05) is 13.1 Å². The van der Waals surface area contributed by atoms with E-state index >= 15 is 0 Å². The summed E-state index contributed by atoms with van der Waals surface area (Å²) in [6.07, 6.45) is 1.41. The molecule has 0 atom stereocenters.